The van der Waals surface area contributed by atoms with Gasteiger partial charge in [-0.3, -0.25) is 4.57 Å². The normalized spacial score (nSPS) is 13.6. The molecule has 0 atom stereocenters. The number of nitrogens with zero attached hydrogens (tertiary/aromatic N) is 4. The first-order valence-electron chi connectivity index (χ1n) is 25.4. The van der Waals surface area contributed by atoms with Crippen LogP contribution >= 0.6 is 0 Å². The van der Waals surface area contributed by atoms with Crippen molar-refractivity contribution in [1.82, 2.24) is 9.55 Å². The first-order chi connectivity index (χ1) is 33.6. The molecular formula is C66H70N4O. The lowest BCUT2D eigenvalue weighted by Gasteiger charge is -2.29. The minimum absolute atomic E-state index is 0.00128. The van der Waals surface area contributed by atoms with Gasteiger partial charge in [-0.25, -0.2) is 4.98 Å². The van der Waals surface area contributed by atoms with Crippen LogP contribution < -0.4 is 14.5 Å². The Kier molecular flexibility index (Phi) is 11.6. The first-order valence-corrected chi connectivity index (χ1v) is 25.4. The molecule has 10 rings (SSSR count). The number of ether oxygens (including phenoxy) is 1. The first kappa shape index (κ1) is 47.6. The average Bonchev–Trinajstić information content (AvgIpc) is 3.89. The van der Waals surface area contributed by atoms with E-state index in [0.717, 1.165) is 39.7 Å². The maximum Gasteiger partial charge on any atom is 0.137 e. The fraction of sp³-hybridized carbons (Fsp3) is 0.288. The van der Waals surface area contributed by atoms with Crippen molar-refractivity contribution >= 4 is 44.6 Å². The third-order valence-corrected chi connectivity index (χ3v) is 15.2. The Morgan fingerprint density at radius 3 is 1.62 bits per heavy atom. The standard InChI is InChI=1S/C66H70N4O/c1-62(2,3)46-25-20-26-51(35-46)68-43-69(58-32-28-49(39-60(58)68)65(10,11)44-21-16-14-17-22-44)52-36-50(66(12,13)45-23-18-15-19-24-45)37-54(41-52)71-53-29-30-55-56-38-47(63(4,5)6)27-31-57(56)70(59(55)42-53)61-40-48(33-34-67-61)64(7,8)9/h14-42H,43H2,1-13H3. The largest absolute Gasteiger partial charge is 0.457 e. The highest BCUT2D eigenvalue weighted by Crippen LogP contribution is 2.49. The van der Waals surface area contributed by atoms with Gasteiger partial charge in [0.15, 0.2) is 0 Å². The molecule has 0 unspecified atom stereocenters. The molecule has 5 heteroatoms. The quantitative estimate of drug-likeness (QED) is 0.144. The van der Waals surface area contributed by atoms with Crippen LogP contribution in [-0.2, 0) is 27.1 Å². The molecule has 0 saturated heterocycles. The van der Waals surface area contributed by atoms with Crippen molar-refractivity contribution in [2.75, 3.05) is 16.5 Å². The highest BCUT2D eigenvalue weighted by Gasteiger charge is 2.34. The summed E-state index contributed by atoms with van der Waals surface area (Å²) in [6.45, 7) is 30.4. The van der Waals surface area contributed by atoms with Gasteiger partial charge in [-0.15, -0.1) is 0 Å². The Bertz CT molecular complexity index is 3430. The van der Waals surface area contributed by atoms with Gasteiger partial charge in [-0.1, -0.05) is 175 Å². The van der Waals surface area contributed by atoms with Crippen molar-refractivity contribution in [2.24, 2.45) is 0 Å². The summed E-state index contributed by atoms with van der Waals surface area (Å²) in [5.41, 5.74) is 15.0. The zero-order chi connectivity index (χ0) is 50.3. The molecule has 0 aliphatic carbocycles. The summed E-state index contributed by atoms with van der Waals surface area (Å²) in [4.78, 5) is 9.97. The molecular weight excluding hydrogens is 865 g/mol. The Balaban J connectivity index is 1.14. The highest BCUT2D eigenvalue weighted by molar-refractivity contribution is 6.10. The summed E-state index contributed by atoms with van der Waals surface area (Å²) >= 11 is 0. The lowest BCUT2D eigenvalue weighted by molar-refractivity contribution is 0.480. The molecule has 2 aromatic heterocycles. The monoisotopic (exact) mass is 935 g/mol. The minimum atomic E-state index is -0.340. The third-order valence-electron chi connectivity index (χ3n) is 15.2. The molecule has 71 heavy (non-hydrogen) atoms. The summed E-state index contributed by atoms with van der Waals surface area (Å²) in [6, 6.07) is 62.6. The van der Waals surface area contributed by atoms with E-state index >= 15 is 0 Å². The van der Waals surface area contributed by atoms with Crippen LogP contribution in [0.15, 0.2) is 176 Å². The van der Waals surface area contributed by atoms with E-state index in [1.165, 1.54) is 61.1 Å². The second-order valence-electron chi connectivity index (χ2n) is 24.0. The summed E-state index contributed by atoms with van der Waals surface area (Å²) in [6.07, 6.45) is 1.95. The van der Waals surface area contributed by atoms with Gasteiger partial charge in [0.05, 0.1) is 22.4 Å². The van der Waals surface area contributed by atoms with Crippen LogP contribution in [0.25, 0.3) is 27.6 Å². The zero-order valence-corrected chi connectivity index (χ0v) is 44.1. The summed E-state index contributed by atoms with van der Waals surface area (Å²) in [7, 11) is 0. The van der Waals surface area contributed by atoms with Crippen LogP contribution in [0, 0.1) is 0 Å². The second-order valence-corrected chi connectivity index (χ2v) is 24.0. The average molecular weight is 935 g/mol. The van der Waals surface area contributed by atoms with Crippen molar-refractivity contribution in [3.8, 4) is 17.3 Å². The van der Waals surface area contributed by atoms with E-state index in [4.69, 9.17) is 9.72 Å². The summed E-state index contributed by atoms with van der Waals surface area (Å²) in [5.74, 6) is 2.44. The van der Waals surface area contributed by atoms with Gasteiger partial charge >= 0.3 is 0 Å². The Morgan fingerprint density at radius 2 is 0.958 bits per heavy atom. The topological polar surface area (TPSA) is 33.5 Å². The van der Waals surface area contributed by atoms with E-state index in [-0.39, 0.29) is 27.1 Å². The van der Waals surface area contributed by atoms with Crippen LogP contribution in [-0.4, -0.2) is 16.2 Å². The fourth-order valence-electron chi connectivity index (χ4n) is 10.4. The van der Waals surface area contributed by atoms with Gasteiger partial charge in [0.2, 0.25) is 0 Å². The van der Waals surface area contributed by atoms with Crippen molar-refractivity contribution in [2.45, 2.75) is 117 Å². The number of pyridine rings is 1. The van der Waals surface area contributed by atoms with Gasteiger partial charge in [-0.2, -0.15) is 0 Å². The van der Waals surface area contributed by atoms with E-state index in [9.17, 15) is 0 Å². The molecule has 9 aromatic rings. The number of fused-ring (bicyclic) bond motifs is 4. The lowest BCUT2D eigenvalue weighted by atomic mass is 9.77. The fourth-order valence-corrected chi connectivity index (χ4v) is 10.4. The number of aromatic nitrogens is 2. The molecule has 0 fully saturated rings. The Hall–Kier alpha value is -7.11. The molecule has 5 nitrogen and oxygen atoms in total. The summed E-state index contributed by atoms with van der Waals surface area (Å²) < 4.78 is 9.51. The number of benzene rings is 7. The SMILES string of the molecule is CC(C)(C)c1cccc(N2CN(c3cc(Oc4ccc5c6cc(C(C)(C)C)ccc6n(-c6cc(C(C)(C)C)ccn6)c5c4)cc(C(C)(C)c4ccccc4)c3)c3ccc(C(C)(C)c4ccccc4)cc32)c1. The molecule has 0 bridgehead atoms. The summed E-state index contributed by atoms with van der Waals surface area (Å²) in [5, 5.41) is 2.37. The predicted octanol–water partition coefficient (Wildman–Crippen LogP) is 17.8. The zero-order valence-electron chi connectivity index (χ0n) is 44.1. The number of hydrogen-bond acceptors (Lipinski definition) is 4. The molecule has 1 aliphatic heterocycles. The van der Waals surface area contributed by atoms with Crippen LogP contribution in [0.5, 0.6) is 11.5 Å². The molecule has 0 amide bonds. The number of hydrogen-bond donors (Lipinski definition) is 0. The molecule has 0 spiro atoms. The van der Waals surface area contributed by atoms with Gasteiger partial charge < -0.3 is 14.5 Å². The van der Waals surface area contributed by atoms with Crippen LogP contribution in [0.1, 0.15) is 129 Å². The van der Waals surface area contributed by atoms with E-state index in [1.807, 2.05) is 6.20 Å². The van der Waals surface area contributed by atoms with Gasteiger partial charge in [0.25, 0.3) is 0 Å². The molecule has 3 heterocycles. The van der Waals surface area contributed by atoms with E-state index in [1.54, 1.807) is 0 Å². The maximum atomic E-state index is 7.19. The van der Waals surface area contributed by atoms with Crippen molar-refractivity contribution in [3.63, 3.8) is 0 Å². The smallest absolute Gasteiger partial charge is 0.137 e. The molecule has 1 aliphatic rings. The Labute approximate surface area is 422 Å². The van der Waals surface area contributed by atoms with E-state index < -0.39 is 0 Å². The van der Waals surface area contributed by atoms with Crippen molar-refractivity contribution in [1.29, 1.82) is 0 Å². The van der Waals surface area contributed by atoms with Crippen LogP contribution in [0.4, 0.5) is 22.7 Å². The number of anilines is 4. The van der Waals surface area contributed by atoms with Crippen molar-refractivity contribution < 1.29 is 4.74 Å². The molecule has 7 aromatic carbocycles. The van der Waals surface area contributed by atoms with Crippen LogP contribution in [0.3, 0.4) is 0 Å². The van der Waals surface area contributed by atoms with E-state index in [2.05, 4.69) is 274 Å². The van der Waals surface area contributed by atoms with Crippen LogP contribution in [0.2, 0.25) is 0 Å². The molecule has 360 valence electrons. The minimum Gasteiger partial charge on any atom is -0.457 e. The molecule has 0 N–H and O–H groups in total. The van der Waals surface area contributed by atoms with Gasteiger partial charge in [0.1, 0.15) is 24.0 Å². The predicted molar refractivity (Wildman–Crippen MR) is 300 cm³/mol. The molecule has 0 saturated carbocycles. The number of rotatable bonds is 9. The Morgan fingerprint density at radius 1 is 0.380 bits per heavy atom. The third kappa shape index (κ3) is 8.90. The highest BCUT2D eigenvalue weighted by atomic mass is 16.5. The maximum absolute atomic E-state index is 7.19. The second kappa shape index (κ2) is 17.3. The van der Waals surface area contributed by atoms with Gasteiger partial charge in [-0.05, 0) is 128 Å². The van der Waals surface area contributed by atoms with Crippen molar-refractivity contribution in [3.05, 3.63) is 215 Å². The van der Waals surface area contributed by atoms with E-state index in [0.29, 0.717) is 6.67 Å². The van der Waals surface area contributed by atoms with Gasteiger partial charge in [0, 0.05) is 51.3 Å². The lowest BCUT2D eigenvalue weighted by Crippen LogP contribution is -2.25. The molecule has 0 radical (unpaired) electrons.